The van der Waals surface area contributed by atoms with Crippen molar-refractivity contribution in [3.63, 3.8) is 0 Å². The highest BCUT2D eigenvalue weighted by molar-refractivity contribution is 5.95. The molecular weight excluding hydrogens is 396 g/mol. The number of rotatable bonds is 6. The van der Waals surface area contributed by atoms with Crippen LogP contribution in [-0.4, -0.2) is 59.4 Å². The predicted octanol–water partition coefficient (Wildman–Crippen LogP) is 3.72. The SMILES string of the molecule is CCOc1cc([N+](=O)[O-])c(C(=O)OC)cc1OC1(C(C)(C)C)CCN(C(=O)O)CC1. The van der Waals surface area contributed by atoms with E-state index in [2.05, 4.69) is 0 Å². The minimum Gasteiger partial charge on any atom is -0.490 e. The van der Waals surface area contributed by atoms with E-state index in [1.54, 1.807) is 6.92 Å². The van der Waals surface area contributed by atoms with Crippen LogP contribution in [0.1, 0.15) is 50.9 Å². The average molecular weight is 424 g/mol. The number of likely N-dealkylation sites (tertiary alicyclic amines) is 1. The summed E-state index contributed by atoms with van der Waals surface area (Å²) in [7, 11) is 1.14. The van der Waals surface area contributed by atoms with Crippen molar-refractivity contribution >= 4 is 17.7 Å². The number of benzene rings is 1. The van der Waals surface area contributed by atoms with Crippen molar-refractivity contribution in [1.82, 2.24) is 4.90 Å². The molecule has 30 heavy (non-hydrogen) atoms. The fourth-order valence-corrected chi connectivity index (χ4v) is 3.60. The van der Waals surface area contributed by atoms with Crippen molar-refractivity contribution in [2.75, 3.05) is 26.8 Å². The maximum atomic E-state index is 12.2. The Labute approximate surface area is 174 Å². The summed E-state index contributed by atoms with van der Waals surface area (Å²) >= 11 is 0. The van der Waals surface area contributed by atoms with Gasteiger partial charge >= 0.3 is 12.1 Å². The molecule has 1 N–H and O–H groups in total. The van der Waals surface area contributed by atoms with Crippen molar-refractivity contribution in [3.05, 3.63) is 27.8 Å². The van der Waals surface area contributed by atoms with Gasteiger partial charge in [-0.1, -0.05) is 20.8 Å². The molecule has 0 aliphatic carbocycles. The van der Waals surface area contributed by atoms with Crippen molar-refractivity contribution in [3.8, 4) is 11.5 Å². The van der Waals surface area contributed by atoms with E-state index in [0.29, 0.717) is 12.8 Å². The summed E-state index contributed by atoms with van der Waals surface area (Å²) in [5, 5.41) is 20.7. The smallest absolute Gasteiger partial charge is 0.407 e. The van der Waals surface area contributed by atoms with Gasteiger partial charge in [0.05, 0.1) is 24.7 Å². The molecule has 166 valence electrons. The number of ether oxygens (including phenoxy) is 3. The summed E-state index contributed by atoms with van der Waals surface area (Å²) < 4.78 is 16.7. The summed E-state index contributed by atoms with van der Waals surface area (Å²) in [4.78, 5) is 35.6. The van der Waals surface area contributed by atoms with Gasteiger partial charge in [-0.25, -0.2) is 9.59 Å². The van der Waals surface area contributed by atoms with Crippen LogP contribution < -0.4 is 9.47 Å². The highest BCUT2D eigenvalue weighted by Crippen LogP contribution is 2.46. The number of piperidine rings is 1. The van der Waals surface area contributed by atoms with Crippen LogP contribution >= 0.6 is 0 Å². The molecule has 1 aliphatic rings. The highest BCUT2D eigenvalue weighted by atomic mass is 16.6. The van der Waals surface area contributed by atoms with Crippen LogP contribution in [0.5, 0.6) is 11.5 Å². The highest BCUT2D eigenvalue weighted by Gasteiger charge is 2.48. The number of carboxylic acid groups (broad SMARTS) is 1. The molecule has 1 aliphatic heterocycles. The molecular formula is C20H28N2O8. The van der Waals surface area contributed by atoms with E-state index in [9.17, 15) is 24.8 Å². The lowest BCUT2D eigenvalue weighted by Crippen LogP contribution is -2.56. The predicted molar refractivity (Wildman–Crippen MR) is 107 cm³/mol. The summed E-state index contributed by atoms with van der Waals surface area (Å²) in [5.74, 6) is -0.539. The van der Waals surface area contributed by atoms with Crippen LogP contribution in [0.15, 0.2) is 12.1 Å². The number of carbonyl (C=O) groups is 2. The van der Waals surface area contributed by atoms with Gasteiger partial charge in [0.1, 0.15) is 11.2 Å². The van der Waals surface area contributed by atoms with Crippen molar-refractivity contribution in [1.29, 1.82) is 0 Å². The number of amides is 1. The molecule has 0 unspecified atom stereocenters. The van der Waals surface area contributed by atoms with Gasteiger partial charge in [-0.2, -0.15) is 0 Å². The molecule has 0 radical (unpaired) electrons. The van der Waals surface area contributed by atoms with E-state index in [0.717, 1.165) is 13.2 Å². The number of hydrogen-bond acceptors (Lipinski definition) is 7. The monoisotopic (exact) mass is 424 g/mol. The summed E-state index contributed by atoms with van der Waals surface area (Å²) in [6, 6.07) is 2.43. The zero-order chi connectivity index (χ0) is 22.7. The second-order valence-corrected chi connectivity index (χ2v) is 8.11. The van der Waals surface area contributed by atoms with Crippen LogP contribution in [0, 0.1) is 15.5 Å². The number of nitro groups is 1. The molecule has 0 atom stereocenters. The quantitative estimate of drug-likeness (QED) is 0.416. The zero-order valence-electron chi connectivity index (χ0n) is 17.9. The second kappa shape index (κ2) is 8.76. The van der Waals surface area contributed by atoms with Gasteiger partial charge in [-0.15, -0.1) is 0 Å². The van der Waals surface area contributed by atoms with E-state index in [1.165, 1.54) is 11.0 Å². The maximum absolute atomic E-state index is 12.2. The Hall–Kier alpha value is -3.04. The number of methoxy groups -OCH3 is 1. The molecule has 0 saturated carbocycles. The third kappa shape index (κ3) is 4.58. The Kier molecular flexibility index (Phi) is 6.79. The molecule has 2 rings (SSSR count). The fourth-order valence-electron chi connectivity index (χ4n) is 3.60. The number of esters is 1. The number of carbonyl (C=O) groups excluding carboxylic acids is 1. The average Bonchev–Trinajstić information content (AvgIpc) is 2.67. The van der Waals surface area contributed by atoms with Gasteiger partial charge < -0.3 is 24.2 Å². The lowest BCUT2D eigenvalue weighted by atomic mass is 9.70. The van der Waals surface area contributed by atoms with Crippen LogP contribution in [0.2, 0.25) is 0 Å². The molecule has 1 heterocycles. The van der Waals surface area contributed by atoms with Gasteiger partial charge in [-0.3, -0.25) is 10.1 Å². The van der Waals surface area contributed by atoms with Crippen molar-refractivity contribution in [2.24, 2.45) is 5.41 Å². The summed E-state index contributed by atoms with van der Waals surface area (Å²) in [6.07, 6.45) is -0.159. The molecule has 1 amide bonds. The van der Waals surface area contributed by atoms with E-state index in [-0.39, 0.29) is 36.8 Å². The van der Waals surface area contributed by atoms with Gasteiger partial charge in [0.25, 0.3) is 5.69 Å². The van der Waals surface area contributed by atoms with Gasteiger partial charge in [0.15, 0.2) is 11.5 Å². The molecule has 0 aromatic heterocycles. The second-order valence-electron chi connectivity index (χ2n) is 8.11. The van der Waals surface area contributed by atoms with E-state index >= 15 is 0 Å². The Balaban J connectivity index is 2.55. The molecule has 10 nitrogen and oxygen atoms in total. The topological polar surface area (TPSA) is 128 Å². The molecule has 1 saturated heterocycles. The summed E-state index contributed by atoms with van der Waals surface area (Å²) in [5.41, 5.74) is -1.85. The lowest BCUT2D eigenvalue weighted by molar-refractivity contribution is -0.385. The maximum Gasteiger partial charge on any atom is 0.407 e. The van der Waals surface area contributed by atoms with Crippen LogP contribution in [-0.2, 0) is 4.74 Å². The number of hydrogen-bond donors (Lipinski definition) is 1. The molecule has 1 fully saturated rings. The first-order valence-corrected chi connectivity index (χ1v) is 9.66. The van der Waals surface area contributed by atoms with E-state index in [4.69, 9.17) is 14.2 Å². The van der Waals surface area contributed by atoms with E-state index in [1.807, 2.05) is 20.8 Å². The van der Waals surface area contributed by atoms with E-state index < -0.39 is 33.7 Å². The fraction of sp³-hybridized carbons (Fsp3) is 0.600. The Morgan fingerprint density at radius 2 is 1.83 bits per heavy atom. The van der Waals surface area contributed by atoms with Gasteiger partial charge in [0, 0.05) is 37.4 Å². The minimum absolute atomic E-state index is 0.140. The number of nitrogens with zero attached hydrogens (tertiary/aromatic N) is 2. The van der Waals surface area contributed by atoms with Crippen LogP contribution in [0.3, 0.4) is 0 Å². The Morgan fingerprint density at radius 1 is 1.23 bits per heavy atom. The standard InChI is InChI=1S/C20H28N2O8/c1-6-29-15-12-14(22(26)27)13(17(23)28-5)11-16(15)30-20(19(2,3)4)7-9-21(10-8-20)18(24)25/h11-12H,6-10H2,1-5H3,(H,24,25). The Bertz CT molecular complexity index is 823. The first-order chi connectivity index (χ1) is 14.0. The molecule has 1 aromatic carbocycles. The minimum atomic E-state index is -0.990. The normalized spacial score (nSPS) is 16.0. The summed E-state index contributed by atoms with van der Waals surface area (Å²) in [6.45, 7) is 8.49. The first-order valence-electron chi connectivity index (χ1n) is 9.66. The molecule has 1 aromatic rings. The number of nitro benzene ring substituents is 1. The molecule has 10 heteroatoms. The third-order valence-electron chi connectivity index (χ3n) is 5.48. The lowest BCUT2D eigenvalue weighted by Gasteiger charge is -2.49. The van der Waals surface area contributed by atoms with Gasteiger partial charge in [-0.05, 0) is 6.92 Å². The van der Waals surface area contributed by atoms with Crippen molar-refractivity contribution < 1.29 is 33.8 Å². The van der Waals surface area contributed by atoms with Gasteiger partial charge in [0.2, 0.25) is 0 Å². The molecule has 0 spiro atoms. The molecule has 0 bridgehead atoms. The first kappa shape index (κ1) is 23.2. The largest absolute Gasteiger partial charge is 0.490 e. The Morgan fingerprint density at radius 3 is 2.27 bits per heavy atom. The third-order valence-corrected chi connectivity index (χ3v) is 5.48. The van der Waals surface area contributed by atoms with Crippen LogP contribution in [0.25, 0.3) is 0 Å². The zero-order valence-corrected chi connectivity index (χ0v) is 17.9. The van der Waals surface area contributed by atoms with Crippen LogP contribution in [0.4, 0.5) is 10.5 Å². The van der Waals surface area contributed by atoms with Crippen molar-refractivity contribution in [2.45, 2.75) is 46.1 Å².